The second kappa shape index (κ2) is 5.60. The van der Waals surface area contributed by atoms with Crippen LogP contribution in [-0.2, 0) is 23.9 Å². The minimum Gasteiger partial charge on any atom is -0.462 e. The van der Waals surface area contributed by atoms with Crippen molar-refractivity contribution in [2.45, 2.75) is 39.4 Å². The molecular weight excluding hydrogens is 300 g/mol. The molecule has 1 aliphatic heterocycles. The maximum absolute atomic E-state index is 12.3. The van der Waals surface area contributed by atoms with E-state index in [0.717, 1.165) is 5.57 Å². The quantitative estimate of drug-likeness (QED) is 0.761. The van der Waals surface area contributed by atoms with Crippen LogP contribution in [0.5, 0.6) is 0 Å². The Balaban J connectivity index is 2.09. The van der Waals surface area contributed by atoms with E-state index in [1.54, 1.807) is 6.92 Å². The summed E-state index contributed by atoms with van der Waals surface area (Å²) in [4.78, 5) is 35.9. The largest absolute Gasteiger partial charge is 0.462 e. The lowest BCUT2D eigenvalue weighted by atomic mass is 9.79. The highest BCUT2D eigenvalue weighted by atomic mass is 16.6. The van der Waals surface area contributed by atoms with Gasteiger partial charge in [0, 0.05) is 30.8 Å². The average molecular weight is 320 g/mol. The maximum atomic E-state index is 12.3. The molecule has 0 radical (unpaired) electrons. The van der Waals surface area contributed by atoms with Crippen LogP contribution < -0.4 is 0 Å². The van der Waals surface area contributed by atoms with E-state index >= 15 is 0 Å². The van der Waals surface area contributed by atoms with Gasteiger partial charge in [-0.25, -0.2) is 0 Å². The molecule has 0 aromatic carbocycles. The molecule has 0 unspecified atom stereocenters. The molecular formula is C17H20O6. The molecule has 0 saturated carbocycles. The average Bonchev–Trinajstić information content (AvgIpc) is 2.91. The number of ketones is 1. The number of hydrogen-bond donors (Lipinski definition) is 1. The van der Waals surface area contributed by atoms with Crippen molar-refractivity contribution in [2.24, 2.45) is 17.8 Å². The first kappa shape index (κ1) is 15.9. The minimum absolute atomic E-state index is 0.158. The van der Waals surface area contributed by atoms with Gasteiger partial charge in [-0.05, 0) is 18.6 Å². The van der Waals surface area contributed by atoms with Crippen LogP contribution in [-0.4, -0.2) is 41.6 Å². The summed E-state index contributed by atoms with van der Waals surface area (Å²) in [5.41, 5.74) is 1.95. The lowest BCUT2D eigenvalue weighted by Gasteiger charge is -2.29. The van der Waals surface area contributed by atoms with E-state index in [-0.39, 0.29) is 24.3 Å². The molecule has 23 heavy (non-hydrogen) atoms. The Bertz CT molecular complexity index is 643. The fourth-order valence-electron chi connectivity index (χ4n) is 4.14. The number of carbonyl (C=O) groups is 3. The van der Waals surface area contributed by atoms with Gasteiger partial charge in [0.15, 0.2) is 5.78 Å². The Labute approximate surface area is 134 Å². The van der Waals surface area contributed by atoms with Gasteiger partial charge in [-0.1, -0.05) is 12.5 Å². The topological polar surface area (TPSA) is 89.9 Å². The van der Waals surface area contributed by atoms with Gasteiger partial charge in [-0.3, -0.25) is 14.4 Å². The van der Waals surface area contributed by atoms with E-state index in [9.17, 15) is 19.5 Å². The summed E-state index contributed by atoms with van der Waals surface area (Å²) in [6.07, 6.45) is 0.735. The van der Waals surface area contributed by atoms with Crippen LogP contribution in [0.3, 0.4) is 0 Å². The van der Waals surface area contributed by atoms with Gasteiger partial charge in [-0.2, -0.15) is 0 Å². The van der Waals surface area contributed by atoms with Crippen LogP contribution in [0.1, 0.15) is 27.2 Å². The lowest BCUT2D eigenvalue weighted by molar-refractivity contribution is -0.150. The molecule has 1 saturated heterocycles. The van der Waals surface area contributed by atoms with E-state index in [1.807, 2.05) is 6.92 Å². The Hall–Kier alpha value is -1.95. The number of fused-ring (bicyclic) bond motifs is 3. The van der Waals surface area contributed by atoms with Crippen molar-refractivity contribution < 1.29 is 29.0 Å². The molecule has 1 fully saturated rings. The highest BCUT2D eigenvalue weighted by Gasteiger charge is 2.55. The summed E-state index contributed by atoms with van der Waals surface area (Å²) in [6, 6.07) is 0. The zero-order valence-electron chi connectivity index (χ0n) is 13.4. The first-order valence-corrected chi connectivity index (χ1v) is 7.78. The van der Waals surface area contributed by atoms with Crippen LogP contribution in [0.2, 0.25) is 0 Å². The summed E-state index contributed by atoms with van der Waals surface area (Å²) >= 11 is 0. The highest BCUT2D eigenvalue weighted by molar-refractivity contribution is 6.09. The van der Waals surface area contributed by atoms with E-state index in [1.165, 1.54) is 13.0 Å². The van der Waals surface area contributed by atoms with E-state index in [4.69, 9.17) is 9.47 Å². The van der Waals surface area contributed by atoms with Gasteiger partial charge in [0.25, 0.3) is 0 Å². The number of esters is 2. The van der Waals surface area contributed by atoms with Gasteiger partial charge >= 0.3 is 11.9 Å². The number of ether oxygens (including phenoxy) is 2. The number of rotatable bonds is 2. The SMILES string of the molecule is CC(=O)O[C@H]1CC(C)=C2C(=O)C=C(CO)[C@@H]2[C@H]2OC(=O)[C@@H](C)[C@@H]21. The number of allylic oxidation sites excluding steroid dienone is 1. The van der Waals surface area contributed by atoms with Crippen LogP contribution in [0.15, 0.2) is 22.8 Å². The van der Waals surface area contributed by atoms with E-state index in [2.05, 4.69) is 0 Å². The van der Waals surface area contributed by atoms with E-state index < -0.39 is 30.0 Å². The molecule has 3 rings (SSSR count). The first-order chi connectivity index (χ1) is 10.8. The number of hydrogen-bond acceptors (Lipinski definition) is 6. The van der Waals surface area contributed by atoms with Gasteiger partial charge in [-0.15, -0.1) is 0 Å². The van der Waals surface area contributed by atoms with Gasteiger partial charge in [0.1, 0.15) is 12.2 Å². The zero-order chi connectivity index (χ0) is 16.9. The molecule has 124 valence electrons. The first-order valence-electron chi connectivity index (χ1n) is 7.78. The van der Waals surface area contributed by atoms with Crippen LogP contribution in [0.25, 0.3) is 0 Å². The second-order valence-corrected chi connectivity index (χ2v) is 6.53. The van der Waals surface area contributed by atoms with Crippen molar-refractivity contribution in [3.05, 3.63) is 22.8 Å². The molecule has 3 aliphatic rings. The lowest BCUT2D eigenvalue weighted by Crippen LogP contribution is -2.38. The molecule has 6 nitrogen and oxygen atoms in total. The molecule has 5 atom stereocenters. The second-order valence-electron chi connectivity index (χ2n) is 6.53. The molecule has 0 amide bonds. The predicted octanol–water partition coefficient (Wildman–Crippen LogP) is 0.934. The van der Waals surface area contributed by atoms with Crippen LogP contribution >= 0.6 is 0 Å². The normalized spacial score (nSPS) is 36.2. The minimum atomic E-state index is -0.584. The van der Waals surface area contributed by atoms with Crippen molar-refractivity contribution in [1.82, 2.24) is 0 Å². The monoisotopic (exact) mass is 320 g/mol. The summed E-state index contributed by atoms with van der Waals surface area (Å²) in [5, 5.41) is 9.59. The maximum Gasteiger partial charge on any atom is 0.309 e. The third-order valence-electron chi connectivity index (χ3n) is 5.10. The van der Waals surface area contributed by atoms with Crippen molar-refractivity contribution >= 4 is 17.7 Å². The fraction of sp³-hybridized carbons (Fsp3) is 0.588. The van der Waals surface area contributed by atoms with Crippen molar-refractivity contribution in [3.63, 3.8) is 0 Å². The Morgan fingerprint density at radius 3 is 2.74 bits per heavy atom. The predicted molar refractivity (Wildman–Crippen MR) is 79.1 cm³/mol. The number of aliphatic hydroxyl groups excluding tert-OH is 1. The number of carbonyl (C=O) groups excluding carboxylic acids is 3. The Morgan fingerprint density at radius 1 is 1.43 bits per heavy atom. The van der Waals surface area contributed by atoms with Crippen molar-refractivity contribution in [2.75, 3.05) is 6.61 Å². The molecule has 0 spiro atoms. The Kier molecular flexibility index (Phi) is 3.88. The Morgan fingerprint density at radius 2 is 2.13 bits per heavy atom. The molecule has 0 aromatic rings. The summed E-state index contributed by atoms with van der Waals surface area (Å²) in [5.74, 6) is -2.12. The third-order valence-corrected chi connectivity index (χ3v) is 5.10. The van der Waals surface area contributed by atoms with Crippen molar-refractivity contribution in [1.29, 1.82) is 0 Å². The standard InChI is InChI=1S/C17H20O6/c1-7-4-12(22-9(3)19)14-8(2)17(21)23-16(14)15-10(6-18)5-11(20)13(7)15/h5,8,12,14-16,18H,4,6H2,1-3H3/t8-,12-,14+,15-,16-/m0/s1. The van der Waals surface area contributed by atoms with Crippen LogP contribution in [0.4, 0.5) is 0 Å². The van der Waals surface area contributed by atoms with Crippen molar-refractivity contribution in [3.8, 4) is 0 Å². The van der Waals surface area contributed by atoms with Gasteiger partial charge in [0.2, 0.25) is 0 Å². The summed E-state index contributed by atoms with van der Waals surface area (Å²) in [6.45, 7) is 4.65. The smallest absolute Gasteiger partial charge is 0.309 e. The molecule has 0 bridgehead atoms. The van der Waals surface area contributed by atoms with E-state index in [0.29, 0.717) is 17.6 Å². The molecule has 6 heteroatoms. The summed E-state index contributed by atoms with van der Waals surface area (Å²) in [7, 11) is 0. The molecule has 1 heterocycles. The molecule has 1 N–H and O–H groups in total. The summed E-state index contributed by atoms with van der Waals surface area (Å²) < 4.78 is 11.0. The number of aliphatic hydroxyl groups is 1. The molecule has 2 aliphatic carbocycles. The van der Waals surface area contributed by atoms with Gasteiger partial charge < -0.3 is 14.6 Å². The molecule has 0 aromatic heterocycles. The highest BCUT2D eigenvalue weighted by Crippen LogP contribution is 2.48. The zero-order valence-corrected chi connectivity index (χ0v) is 13.4. The fourth-order valence-corrected chi connectivity index (χ4v) is 4.14. The van der Waals surface area contributed by atoms with Crippen LogP contribution in [0, 0.1) is 17.8 Å². The van der Waals surface area contributed by atoms with Gasteiger partial charge in [0.05, 0.1) is 12.5 Å². The third kappa shape index (κ3) is 2.41.